The third kappa shape index (κ3) is 5.87. The highest BCUT2D eigenvalue weighted by Gasteiger charge is 2.36. The monoisotopic (exact) mass is 755 g/mol. The number of furan rings is 1. The number of para-hydroxylation sites is 1. The second-order valence-corrected chi connectivity index (χ2v) is 16.1. The zero-order valence-corrected chi connectivity index (χ0v) is 33.1. The molecule has 1 aliphatic carbocycles. The fourth-order valence-corrected chi connectivity index (χ4v) is 9.34. The Morgan fingerprint density at radius 3 is 1.59 bits per heavy atom. The van der Waals surface area contributed by atoms with Crippen LogP contribution in [0.3, 0.4) is 0 Å². The standard InChI is InChI=1S/C57H41NO/c1-57(2)50-24-14-12-22-47(50)48-31-30-45(37-51(48)57)58(46-35-43(39-18-8-4-9-19-39)34-44(36-46)40-20-10-5-11-21-40)52-32-33-54-56(49-23-13-15-25-53(49)59-54)55(52)42-28-26-41(27-29-42)38-16-6-3-7-17-38/h3-37H,1-2H3. The van der Waals surface area contributed by atoms with E-state index in [1.54, 1.807) is 0 Å². The van der Waals surface area contributed by atoms with Crippen molar-refractivity contribution in [1.29, 1.82) is 0 Å². The van der Waals surface area contributed by atoms with E-state index in [-0.39, 0.29) is 5.41 Å². The fraction of sp³-hybridized carbons (Fsp3) is 0.0526. The third-order valence-electron chi connectivity index (χ3n) is 12.3. The van der Waals surface area contributed by atoms with Gasteiger partial charge in [0, 0.05) is 33.1 Å². The summed E-state index contributed by atoms with van der Waals surface area (Å²) < 4.78 is 6.61. The van der Waals surface area contributed by atoms with Gasteiger partial charge in [-0.3, -0.25) is 0 Å². The summed E-state index contributed by atoms with van der Waals surface area (Å²) in [6, 6.07) is 77.0. The summed E-state index contributed by atoms with van der Waals surface area (Å²) in [6.45, 7) is 4.72. The molecule has 0 amide bonds. The van der Waals surface area contributed by atoms with Crippen LogP contribution in [-0.2, 0) is 5.41 Å². The summed E-state index contributed by atoms with van der Waals surface area (Å²) in [5.74, 6) is 0. The molecular formula is C57H41NO. The minimum absolute atomic E-state index is 0.171. The molecule has 1 aromatic heterocycles. The molecule has 0 N–H and O–H groups in total. The predicted molar refractivity (Wildman–Crippen MR) is 248 cm³/mol. The molecule has 1 heterocycles. The first-order valence-electron chi connectivity index (χ1n) is 20.4. The van der Waals surface area contributed by atoms with Gasteiger partial charge < -0.3 is 9.32 Å². The molecule has 2 nitrogen and oxygen atoms in total. The second-order valence-electron chi connectivity index (χ2n) is 16.1. The Morgan fingerprint density at radius 2 is 0.915 bits per heavy atom. The largest absolute Gasteiger partial charge is 0.456 e. The molecule has 0 atom stereocenters. The van der Waals surface area contributed by atoms with Crippen LogP contribution < -0.4 is 4.90 Å². The first kappa shape index (κ1) is 34.8. The number of hydrogen-bond acceptors (Lipinski definition) is 2. The van der Waals surface area contributed by atoms with Crippen LogP contribution >= 0.6 is 0 Å². The molecule has 0 unspecified atom stereocenters. The summed E-state index contributed by atoms with van der Waals surface area (Å²) in [6.07, 6.45) is 0. The van der Waals surface area contributed by atoms with E-state index in [0.29, 0.717) is 0 Å². The van der Waals surface area contributed by atoms with Crippen molar-refractivity contribution in [3.8, 4) is 55.6 Å². The predicted octanol–water partition coefficient (Wildman–Crippen LogP) is 16.0. The quantitative estimate of drug-likeness (QED) is 0.161. The van der Waals surface area contributed by atoms with Crippen LogP contribution in [0.1, 0.15) is 25.0 Å². The van der Waals surface area contributed by atoms with Crippen molar-refractivity contribution >= 4 is 39.0 Å². The fourth-order valence-electron chi connectivity index (χ4n) is 9.34. The molecule has 0 saturated carbocycles. The summed E-state index contributed by atoms with van der Waals surface area (Å²) in [5, 5.41) is 2.20. The van der Waals surface area contributed by atoms with Gasteiger partial charge in [0.15, 0.2) is 0 Å². The first-order valence-corrected chi connectivity index (χ1v) is 20.4. The summed E-state index contributed by atoms with van der Waals surface area (Å²) in [5.41, 5.74) is 19.4. The number of anilines is 3. The molecule has 11 rings (SSSR count). The zero-order valence-electron chi connectivity index (χ0n) is 33.1. The summed E-state index contributed by atoms with van der Waals surface area (Å²) >= 11 is 0. The second kappa shape index (κ2) is 13.9. The maximum Gasteiger partial charge on any atom is 0.136 e. The van der Waals surface area contributed by atoms with Crippen molar-refractivity contribution < 1.29 is 4.42 Å². The van der Waals surface area contributed by atoms with E-state index in [1.165, 1.54) is 44.5 Å². The summed E-state index contributed by atoms with van der Waals surface area (Å²) in [7, 11) is 0. The highest BCUT2D eigenvalue weighted by Crippen LogP contribution is 2.53. The van der Waals surface area contributed by atoms with Crippen LogP contribution in [0.5, 0.6) is 0 Å². The molecule has 1 aliphatic rings. The van der Waals surface area contributed by atoms with E-state index in [9.17, 15) is 0 Å². The number of hydrogen-bond donors (Lipinski definition) is 0. The zero-order chi connectivity index (χ0) is 39.5. The van der Waals surface area contributed by atoms with E-state index in [1.807, 2.05) is 0 Å². The Balaban J connectivity index is 1.22. The van der Waals surface area contributed by atoms with Crippen molar-refractivity contribution in [2.24, 2.45) is 0 Å². The van der Waals surface area contributed by atoms with Gasteiger partial charge >= 0.3 is 0 Å². The molecule has 0 saturated heterocycles. The third-order valence-corrected chi connectivity index (χ3v) is 12.3. The maximum absolute atomic E-state index is 6.61. The normalized spacial score (nSPS) is 12.7. The van der Waals surface area contributed by atoms with Crippen molar-refractivity contribution in [2.75, 3.05) is 4.90 Å². The topological polar surface area (TPSA) is 16.4 Å². The smallest absolute Gasteiger partial charge is 0.136 e. The van der Waals surface area contributed by atoms with Crippen molar-refractivity contribution in [3.63, 3.8) is 0 Å². The van der Waals surface area contributed by atoms with Crippen LogP contribution in [0.2, 0.25) is 0 Å². The number of benzene rings is 9. The van der Waals surface area contributed by atoms with Gasteiger partial charge in [0.2, 0.25) is 0 Å². The average Bonchev–Trinajstić information content (AvgIpc) is 3.79. The Labute approximate surface area is 345 Å². The van der Waals surface area contributed by atoms with Gasteiger partial charge in [-0.1, -0.05) is 178 Å². The molecule has 0 aliphatic heterocycles. The van der Waals surface area contributed by atoms with Crippen LogP contribution in [0.15, 0.2) is 217 Å². The van der Waals surface area contributed by atoms with E-state index in [0.717, 1.165) is 61.3 Å². The number of fused-ring (bicyclic) bond motifs is 6. The number of rotatable bonds is 7. The molecule has 0 fully saturated rings. The Kier molecular flexibility index (Phi) is 8.20. The number of nitrogens with zero attached hydrogens (tertiary/aromatic N) is 1. The minimum Gasteiger partial charge on any atom is -0.456 e. The van der Waals surface area contributed by atoms with Crippen LogP contribution in [0, 0.1) is 0 Å². The SMILES string of the molecule is CC1(C)c2ccccc2-c2ccc(N(c3cc(-c4ccccc4)cc(-c4ccccc4)c3)c3ccc4oc5ccccc5c4c3-c3ccc(-c4ccccc4)cc3)cc21. The minimum atomic E-state index is -0.171. The summed E-state index contributed by atoms with van der Waals surface area (Å²) in [4.78, 5) is 2.49. The Hall–Kier alpha value is -7.42. The first-order chi connectivity index (χ1) is 29.0. The molecule has 2 heteroatoms. The van der Waals surface area contributed by atoms with Gasteiger partial charge in [-0.15, -0.1) is 0 Å². The highest BCUT2D eigenvalue weighted by atomic mass is 16.3. The lowest BCUT2D eigenvalue weighted by atomic mass is 9.82. The molecule has 0 radical (unpaired) electrons. The van der Waals surface area contributed by atoms with Gasteiger partial charge in [0.1, 0.15) is 11.2 Å². The Morgan fingerprint density at radius 1 is 0.373 bits per heavy atom. The van der Waals surface area contributed by atoms with Crippen LogP contribution in [-0.4, -0.2) is 0 Å². The van der Waals surface area contributed by atoms with Crippen molar-refractivity contribution in [3.05, 3.63) is 223 Å². The van der Waals surface area contributed by atoms with Gasteiger partial charge in [-0.2, -0.15) is 0 Å². The van der Waals surface area contributed by atoms with Crippen LogP contribution in [0.4, 0.5) is 17.1 Å². The molecule has 9 aromatic carbocycles. The van der Waals surface area contributed by atoms with Crippen molar-refractivity contribution in [2.45, 2.75) is 19.3 Å². The van der Waals surface area contributed by atoms with E-state index in [2.05, 4.69) is 231 Å². The van der Waals surface area contributed by atoms with Gasteiger partial charge in [0.05, 0.1) is 5.69 Å². The Bertz CT molecular complexity index is 3100. The van der Waals surface area contributed by atoms with Gasteiger partial charge in [-0.25, -0.2) is 0 Å². The lowest BCUT2D eigenvalue weighted by molar-refractivity contribution is 0.660. The molecule has 0 bridgehead atoms. The average molecular weight is 756 g/mol. The molecular weight excluding hydrogens is 715 g/mol. The molecule has 59 heavy (non-hydrogen) atoms. The molecule has 280 valence electrons. The molecule has 10 aromatic rings. The van der Waals surface area contributed by atoms with Crippen LogP contribution in [0.25, 0.3) is 77.6 Å². The van der Waals surface area contributed by atoms with E-state index in [4.69, 9.17) is 4.42 Å². The lowest BCUT2D eigenvalue weighted by Gasteiger charge is -2.31. The van der Waals surface area contributed by atoms with Gasteiger partial charge in [-0.05, 0) is 110 Å². The van der Waals surface area contributed by atoms with E-state index < -0.39 is 0 Å². The maximum atomic E-state index is 6.61. The molecule has 0 spiro atoms. The highest BCUT2D eigenvalue weighted by molar-refractivity contribution is 6.16. The van der Waals surface area contributed by atoms with Gasteiger partial charge in [0.25, 0.3) is 0 Å². The lowest BCUT2D eigenvalue weighted by Crippen LogP contribution is -2.17. The van der Waals surface area contributed by atoms with E-state index >= 15 is 0 Å². The van der Waals surface area contributed by atoms with Crippen molar-refractivity contribution in [1.82, 2.24) is 0 Å².